The molecule has 7 rings (SSSR count). The van der Waals surface area contributed by atoms with Crippen molar-refractivity contribution in [2.75, 3.05) is 13.1 Å². The molecule has 4 atom stereocenters. The Morgan fingerprint density at radius 2 is 1.66 bits per heavy atom. The standard InChI is InChI=1S/C29H35N5O/c35-29(30-25-9-5-2-6-10-25)27-19-33-16-15-24(27)17-26(33)18-34-20-28(31-32-34)23-13-11-22(12-14-23)21-7-3-1-4-8-21/h1,3-4,7-8,11-14,20,24-27H,2,5-6,9-10,15-19H2,(H,30,35). The smallest absolute Gasteiger partial charge is 0.224 e. The number of benzene rings is 2. The number of piperidine rings is 3. The molecule has 0 radical (unpaired) electrons. The van der Waals surface area contributed by atoms with Gasteiger partial charge in [-0.1, -0.05) is 79.1 Å². The molecule has 1 N–H and O–H groups in total. The van der Waals surface area contributed by atoms with E-state index in [9.17, 15) is 4.79 Å². The van der Waals surface area contributed by atoms with Crippen LogP contribution >= 0.6 is 0 Å². The number of carbonyl (C=O) groups excluding carboxylic acids is 1. The van der Waals surface area contributed by atoms with E-state index in [1.807, 2.05) is 10.7 Å². The molecule has 35 heavy (non-hydrogen) atoms. The van der Waals surface area contributed by atoms with Crippen molar-refractivity contribution >= 4 is 5.91 Å². The Bertz CT molecular complexity index is 1140. The first-order chi connectivity index (χ1) is 17.2. The van der Waals surface area contributed by atoms with Gasteiger partial charge in [0.25, 0.3) is 0 Å². The van der Waals surface area contributed by atoms with E-state index in [4.69, 9.17) is 0 Å². The summed E-state index contributed by atoms with van der Waals surface area (Å²) in [6.45, 7) is 2.81. The number of nitrogens with one attached hydrogen (secondary N) is 1. The first-order valence-electron chi connectivity index (χ1n) is 13.3. The molecule has 4 aliphatic rings. The van der Waals surface area contributed by atoms with Crippen molar-refractivity contribution in [3.05, 3.63) is 60.8 Å². The van der Waals surface area contributed by atoms with Crippen molar-refractivity contribution < 1.29 is 4.79 Å². The van der Waals surface area contributed by atoms with Crippen LogP contribution in [0, 0.1) is 11.8 Å². The molecule has 3 saturated heterocycles. The van der Waals surface area contributed by atoms with E-state index in [0.29, 0.717) is 23.9 Å². The lowest BCUT2D eigenvalue weighted by molar-refractivity contribution is -0.134. The molecule has 4 heterocycles. The van der Waals surface area contributed by atoms with Gasteiger partial charge in [-0.05, 0) is 49.3 Å². The van der Waals surface area contributed by atoms with Gasteiger partial charge in [0.2, 0.25) is 5.91 Å². The number of hydrogen-bond donors (Lipinski definition) is 1. The van der Waals surface area contributed by atoms with Gasteiger partial charge in [-0.3, -0.25) is 14.4 Å². The highest BCUT2D eigenvalue weighted by molar-refractivity contribution is 5.79. The van der Waals surface area contributed by atoms with Gasteiger partial charge < -0.3 is 5.32 Å². The Hall–Kier alpha value is -2.99. The molecule has 3 aromatic rings. The third-order valence-electron chi connectivity index (χ3n) is 8.39. The summed E-state index contributed by atoms with van der Waals surface area (Å²) >= 11 is 0. The zero-order chi connectivity index (χ0) is 23.6. The summed E-state index contributed by atoms with van der Waals surface area (Å²) < 4.78 is 1.99. The molecule has 1 saturated carbocycles. The molecule has 1 amide bonds. The van der Waals surface area contributed by atoms with Crippen LogP contribution in [0.1, 0.15) is 44.9 Å². The number of amides is 1. The number of aromatic nitrogens is 3. The summed E-state index contributed by atoms with van der Waals surface area (Å²) in [5, 5.41) is 12.3. The third-order valence-corrected chi connectivity index (χ3v) is 8.39. The summed E-state index contributed by atoms with van der Waals surface area (Å²) in [7, 11) is 0. The van der Waals surface area contributed by atoms with Crippen molar-refractivity contribution in [1.82, 2.24) is 25.2 Å². The molecular weight excluding hydrogens is 434 g/mol. The predicted molar refractivity (Wildman–Crippen MR) is 137 cm³/mol. The SMILES string of the molecule is O=C(NC1CCCCC1)C1CN2CCC1CC2Cn1cc(-c2ccc(-c3ccccc3)cc2)nn1. The predicted octanol–water partition coefficient (Wildman–Crippen LogP) is 4.77. The van der Waals surface area contributed by atoms with Crippen LogP contribution in [0.3, 0.4) is 0 Å². The van der Waals surface area contributed by atoms with Gasteiger partial charge in [-0.2, -0.15) is 0 Å². The normalized spacial score (nSPS) is 26.5. The first-order valence-corrected chi connectivity index (χ1v) is 13.3. The molecule has 182 valence electrons. The van der Waals surface area contributed by atoms with E-state index < -0.39 is 0 Å². The third kappa shape index (κ3) is 4.90. The summed E-state index contributed by atoms with van der Waals surface area (Å²) in [4.78, 5) is 15.5. The van der Waals surface area contributed by atoms with E-state index in [2.05, 4.69) is 75.3 Å². The summed E-state index contributed by atoms with van der Waals surface area (Å²) in [5.41, 5.74) is 4.41. The quantitative estimate of drug-likeness (QED) is 0.565. The lowest BCUT2D eigenvalue weighted by Crippen LogP contribution is -2.58. The average molecular weight is 470 g/mol. The Morgan fingerprint density at radius 1 is 0.914 bits per heavy atom. The lowest BCUT2D eigenvalue weighted by Gasteiger charge is -2.49. The van der Waals surface area contributed by atoms with E-state index in [1.54, 1.807) is 0 Å². The maximum Gasteiger partial charge on any atom is 0.224 e. The van der Waals surface area contributed by atoms with Gasteiger partial charge in [0.15, 0.2) is 0 Å². The van der Waals surface area contributed by atoms with Gasteiger partial charge in [-0.15, -0.1) is 5.10 Å². The monoisotopic (exact) mass is 469 g/mol. The second-order valence-corrected chi connectivity index (χ2v) is 10.7. The Labute approximate surface area is 207 Å². The fourth-order valence-electron chi connectivity index (χ4n) is 6.38. The molecule has 0 spiro atoms. The molecular formula is C29H35N5O. The summed E-state index contributed by atoms with van der Waals surface area (Å²) in [5.74, 6) is 0.936. The molecule has 4 fully saturated rings. The molecule has 4 unspecified atom stereocenters. The molecule has 3 aliphatic heterocycles. The van der Waals surface area contributed by atoms with Crippen LogP contribution in [0.2, 0.25) is 0 Å². The van der Waals surface area contributed by atoms with Crippen LogP contribution in [0.15, 0.2) is 60.8 Å². The van der Waals surface area contributed by atoms with Gasteiger partial charge in [-0.25, -0.2) is 0 Å². The van der Waals surface area contributed by atoms with Crippen LogP contribution in [0.25, 0.3) is 22.4 Å². The average Bonchev–Trinajstić information content (AvgIpc) is 3.39. The number of hydrogen-bond acceptors (Lipinski definition) is 4. The second-order valence-electron chi connectivity index (χ2n) is 10.7. The highest BCUT2D eigenvalue weighted by Gasteiger charge is 2.43. The molecule has 2 bridgehead atoms. The van der Waals surface area contributed by atoms with Crippen LogP contribution in [0.4, 0.5) is 0 Å². The van der Waals surface area contributed by atoms with Crippen molar-refractivity contribution in [3.8, 4) is 22.4 Å². The fraction of sp³-hybridized carbons (Fsp3) is 0.483. The molecule has 2 aromatic carbocycles. The highest BCUT2D eigenvalue weighted by atomic mass is 16.2. The second kappa shape index (κ2) is 9.94. The topological polar surface area (TPSA) is 63.1 Å². The minimum Gasteiger partial charge on any atom is -0.353 e. The van der Waals surface area contributed by atoms with E-state index in [-0.39, 0.29) is 5.92 Å². The van der Waals surface area contributed by atoms with Crippen LogP contribution in [-0.4, -0.2) is 51.0 Å². The lowest BCUT2D eigenvalue weighted by atomic mass is 9.75. The van der Waals surface area contributed by atoms with Gasteiger partial charge in [0, 0.05) is 24.2 Å². The Morgan fingerprint density at radius 3 is 2.40 bits per heavy atom. The number of nitrogens with zero attached hydrogens (tertiary/aromatic N) is 4. The fourth-order valence-corrected chi connectivity index (χ4v) is 6.38. The highest BCUT2D eigenvalue weighted by Crippen LogP contribution is 2.37. The van der Waals surface area contributed by atoms with Crippen LogP contribution < -0.4 is 5.32 Å². The van der Waals surface area contributed by atoms with Crippen molar-refractivity contribution in [3.63, 3.8) is 0 Å². The van der Waals surface area contributed by atoms with Gasteiger partial charge in [0.1, 0.15) is 5.69 Å². The molecule has 1 aromatic heterocycles. The van der Waals surface area contributed by atoms with Crippen molar-refractivity contribution in [2.45, 2.75) is 63.6 Å². The summed E-state index contributed by atoms with van der Waals surface area (Å²) in [6, 6.07) is 19.8. The largest absolute Gasteiger partial charge is 0.353 e. The maximum atomic E-state index is 13.0. The van der Waals surface area contributed by atoms with E-state index in [0.717, 1.165) is 56.6 Å². The summed E-state index contributed by atoms with van der Waals surface area (Å²) in [6.07, 6.45) is 10.4. The first kappa shape index (κ1) is 22.5. The Kier molecular flexibility index (Phi) is 6.38. The minimum atomic E-state index is 0.149. The van der Waals surface area contributed by atoms with Crippen LogP contribution in [0.5, 0.6) is 0 Å². The number of rotatable bonds is 6. The van der Waals surface area contributed by atoms with Crippen molar-refractivity contribution in [1.29, 1.82) is 0 Å². The zero-order valence-corrected chi connectivity index (χ0v) is 20.4. The van der Waals surface area contributed by atoms with Crippen LogP contribution in [-0.2, 0) is 11.3 Å². The molecule has 6 nitrogen and oxygen atoms in total. The molecule has 1 aliphatic carbocycles. The number of fused-ring (bicyclic) bond motifs is 3. The Balaban J connectivity index is 1.07. The van der Waals surface area contributed by atoms with E-state index in [1.165, 1.54) is 30.4 Å². The van der Waals surface area contributed by atoms with Gasteiger partial charge >= 0.3 is 0 Å². The van der Waals surface area contributed by atoms with Gasteiger partial charge in [0.05, 0.1) is 18.7 Å². The number of carbonyl (C=O) groups is 1. The van der Waals surface area contributed by atoms with E-state index >= 15 is 0 Å². The molecule has 6 heteroatoms. The minimum absolute atomic E-state index is 0.149. The zero-order valence-electron chi connectivity index (χ0n) is 20.4. The maximum absolute atomic E-state index is 13.0. The van der Waals surface area contributed by atoms with Crippen molar-refractivity contribution in [2.24, 2.45) is 11.8 Å².